The standard InChI is InChI=1S/C37H63NO4Si/c1-13-15-23-38(24-16-14-2)35(39)30-25-32(40-10)31(33(26-30)42-43(11,12)36(6,7)8)27-34-37(9,41-34)22-18-21-29(5)20-17-19-28(3)4/h19,21,25-26,34H,13-18,20,22-24,27H2,1-12H3/b29-21+/t34-,37+/m0/s1. The number of benzene rings is 1. The number of carbonyl (C=O) groups is 1. The maximum absolute atomic E-state index is 13.9. The lowest BCUT2D eigenvalue weighted by atomic mass is 9.94. The number of nitrogens with zero attached hydrogens (tertiary/aromatic N) is 1. The predicted molar refractivity (Wildman–Crippen MR) is 185 cm³/mol. The molecular weight excluding hydrogens is 550 g/mol. The van der Waals surface area contributed by atoms with Gasteiger partial charge in [0.2, 0.25) is 8.32 Å². The van der Waals surface area contributed by atoms with Crippen molar-refractivity contribution in [2.24, 2.45) is 0 Å². The van der Waals surface area contributed by atoms with Crippen LogP contribution in [0, 0.1) is 0 Å². The van der Waals surface area contributed by atoms with Crippen LogP contribution in [0.5, 0.6) is 11.5 Å². The Morgan fingerprint density at radius 1 is 1.02 bits per heavy atom. The molecule has 0 unspecified atom stereocenters. The van der Waals surface area contributed by atoms with Gasteiger partial charge in [-0.1, -0.05) is 70.8 Å². The minimum atomic E-state index is -2.19. The molecule has 43 heavy (non-hydrogen) atoms. The maximum atomic E-state index is 13.9. The maximum Gasteiger partial charge on any atom is 0.254 e. The summed E-state index contributed by atoms with van der Waals surface area (Å²) in [6, 6.07) is 3.92. The van der Waals surface area contributed by atoms with Gasteiger partial charge in [0, 0.05) is 30.6 Å². The molecule has 0 bridgehead atoms. The molecule has 1 amide bonds. The van der Waals surface area contributed by atoms with Crippen LogP contribution in [-0.2, 0) is 11.2 Å². The van der Waals surface area contributed by atoms with E-state index in [-0.39, 0.29) is 22.7 Å². The summed E-state index contributed by atoms with van der Waals surface area (Å²) in [7, 11) is -0.492. The van der Waals surface area contributed by atoms with Crippen molar-refractivity contribution in [2.75, 3.05) is 20.2 Å². The summed E-state index contributed by atoms with van der Waals surface area (Å²) in [5.74, 6) is 1.57. The van der Waals surface area contributed by atoms with Crippen LogP contribution < -0.4 is 9.16 Å². The van der Waals surface area contributed by atoms with Gasteiger partial charge in [0.15, 0.2) is 0 Å². The predicted octanol–water partition coefficient (Wildman–Crippen LogP) is 10.3. The van der Waals surface area contributed by atoms with E-state index in [9.17, 15) is 4.79 Å². The fraction of sp³-hybridized carbons (Fsp3) is 0.703. The Kier molecular flexibility index (Phi) is 14.1. The average Bonchev–Trinajstić information content (AvgIpc) is 3.56. The number of carbonyl (C=O) groups excluding carboxylic acids is 1. The Morgan fingerprint density at radius 2 is 1.63 bits per heavy atom. The van der Waals surface area contributed by atoms with Crippen molar-refractivity contribution >= 4 is 14.2 Å². The highest BCUT2D eigenvalue weighted by molar-refractivity contribution is 6.74. The van der Waals surface area contributed by atoms with Crippen molar-refractivity contribution in [1.29, 1.82) is 0 Å². The van der Waals surface area contributed by atoms with Crippen molar-refractivity contribution in [1.82, 2.24) is 4.90 Å². The third-order valence-corrected chi connectivity index (χ3v) is 13.6. The van der Waals surface area contributed by atoms with Crippen LogP contribution in [0.4, 0.5) is 0 Å². The number of methoxy groups -OCH3 is 1. The molecule has 2 rings (SSSR count). The number of hydrogen-bond donors (Lipinski definition) is 0. The van der Waals surface area contributed by atoms with Crippen LogP contribution >= 0.6 is 0 Å². The zero-order chi connectivity index (χ0) is 32.4. The summed E-state index contributed by atoms with van der Waals surface area (Å²) in [5, 5.41) is 0.0201. The highest BCUT2D eigenvalue weighted by Gasteiger charge is 2.52. The molecule has 0 aliphatic carbocycles. The van der Waals surface area contributed by atoms with Crippen LogP contribution in [0.15, 0.2) is 35.4 Å². The summed E-state index contributed by atoms with van der Waals surface area (Å²) in [5.41, 5.74) is 4.32. The van der Waals surface area contributed by atoms with E-state index < -0.39 is 8.32 Å². The van der Waals surface area contributed by atoms with Crippen LogP contribution in [-0.4, -0.2) is 51.0 Å². The highest BCUT2D eigenvalue weighted by atomic mass is 28.4. The third-order valence-electron chi connectivity index (χ3n) is 9.31. The van der Waals surface area contributed by atoms with E-state index in [0.717, 1.165) is 81.5 Å². The molecule has 0 spiro atoms. The summed E-state index contributed by atoms with van der Waals surface area (Å²) in [6.07, 6.45) is 13.8. The molecule has 1 aliphatic rings. The lowest BCUT2D eigenvalue weighted by Crippen LogP contribution is -2.44. The first-order chi connectivity index (χ1) is 20.1. The van der Waals surface area contributed by atoms with E-state index in [1.165, 1.54) is 11.1 Å². The Hall–Kier alpha value is -2.05. The zero-order valence-electron chi connectivity index (χ0n) is 29.7. The molecule has 0 radical (unpaired) electrons. The van der Waals surface area contributed by atoms with E-state index in [1.54, 1.807) is 7.11 Å². The molecule has 6 heteroatoms. The topological polar surface area (TPSA) is 51.3 Å². The summed E-state index contributed by atoms with van der Waals surface area (Å²) in [6.45, 7) is 25.9. The molecule has 0 saturated carbocycles. The van der Waals surface area contributed by atoms with Gasteiger partial charge in [-0.05, 0) is 96.5 Å². The minimum Gasteiger partial charge on any atom is -0.543 e. The number of hydrogen-bond acceptors (Lipinski definition) is 4. The number of rotatable bonds is 18. The van der Waals surface area contributed by atoms with Crippen molar-refractivity contribution in [3.8, 4) is 11.5 Å². The smallest absolute Gasteiger partial charge is 0.254 e. The first-order valence-corrected chi connectivity index (χ1v) is 19.6. The van der Waals surface area contributed by atoms with E-state index in [1.807, 2.05) is 17.0 Å². The van der Waals surface area contributed by atoms with E-state index in [4.69, 9.17) is 13.9 Å². The van der Waals surface area contributed by atoms with Gasteiger partial charge in [0.05, 0.1) is 18.8 Å². The quantitative estimate of drug-likeness (QED) is 0.0939. The summed E-state index contributed by atoms with van der Waals surface area (Å²) in [4.78, 5) is 15.9. The second kappa shape index (κ2) is 16.3. The molecule has 244 valence electrons. The van der Waals surface area contributed by atoms with Gasteiger partial charge >= 0.3 is 0 Å². The monoisotopic (exact) mass is 613 g/mol. The largest absolute Gasteiger partial charge is 0.543 e. The number of epoxide rings is 1. The Balaban J connectivity index is 2.35. The number of amides is 1. The van der Waals surface area contributed by atoms with Gasteiger partial charge in [-0.2, -0.15) is 0 Å². The van der Waals surface area contributed by atoms with Crippen molar-refractivity contribution < 1.29 is 18.7 Å². The van der Waals surface area contributed by atoms with E-state index in [0.29, 0.717) is 12.0 Å². The Morgan fingerprint density at radius 3 is 2.16 bits per heavy atom. The first-order valence-electron chi connectivity index (χ1n) is 16.7. The van der Waals surface area contributed by atoms with Crippen molar-refractivity contribution in [3.63, 3.8) is 0 Å². The van der Waals surface area contributed by atoms with Crippen LogP contribution in [0.25, 0.3) is 0 Å². The molecule has 1 saturated heterocycles. The molecule has 1 aromatic carbocycles. The second-order valence-electron chi connectivity index (χ2n) is 14.5. The van der Waals surface area contributed by atoms with Crippen molar-refractivity contribution in [3.05, 3.63) is 46.6 Å². The van der Waals surface area contributed by atoms with Gasteiger partial charge in [-0.15, -0.1) is 0 Å². The third kappa shape index (κ3) is 11.1. The molecule has 0 aromatic heterocycles. The molecule has 1 fully saturated rings. The Bertz CT molecular complexity index is 1100. The van der Waals surface area contributed by atoms with Gasteiger partial charge < -0.3 is 18.8 Å². The average molecular weight is 614 g/mol. The van der Waals surface area contributed by atoms with Gasteiger partial charge in [0.1, 0.15) is 11.5 Å². The molecule has 1 aromatic rings. The lowest BCUT2D eigenvalue weighted by molar-refractivity contribution is 0.0750. The number of unbranched alkanes of at least 4 members (excludes halogenated alkanes) is 2. The first kappa shape index (κ1) is 37.1. The number of ether oxygens (including phenoxy) is 2. The highest BCUT2D eigenvalue weighted by Crippen LogP contribution is 2.47. The van der Waals surface area contributed by atoms with Gasteiger partial charge in [-0.3, -0.25) is 4.79 Å². The fourth-order valence-corrected chi connectivity index (χ4v) is 6.13. The molecule has 5 nitrogen and oxygen atoms in total. The minimum absolute atomic E-state index is 0.0201. The van der Waals surface area contributed by atoms with Crippen LogP contribution in [0.3, 0.4) is 0 Å². The summed E-state index contributed by atoms with van der Waals surface area (Å²) >= 11 is 0. The number of allylic oxidation sites excluding steroid dienone is 4. The van der Waals surface area contributed by atoms with Gasteiger partial charge in [-0.25, -0.2) is 0 Å². The fourth-order valence-electron chi connectivity index (χ4n) is 5.09. The molecule has 1 aliphatic heterocycles. The van der Waals surface area contributed by atoms with Crippen molar-refractivity contribution in [2.45, 2.75) is 150 Å². The van der Waals surface area contributed by atoms with E-state index >= 15 is 0 Å². The SMILES string of the molecule is CCCCN(CCCC)C(=O)c1cc(OC)c(C[C@@H]2O[C@]2(C)CC/C=C(\C)CCC=C(C)C)c(O[Si](C)(C)C(C)(C)C)c1. The Labute approximate surface area is 265 Å². The molecule has 2 atom stereocenters. The molecule has 0 N–H and O–H groups in total. The van der Waals surface area contributed by atoms with Crippen LogP contribution in [0.2, 0.25) is 18.1 Å². The van der Waals surface area contributed by atoms with Gasteiger partial charge in [0.25, 0.3) is 5.91 Å². The van der Waals surface area contributed by atoms with Crippen LogP contribution in [0.1, 0.15) is 130 Å². The second-order valence-corrected chi connectivity index (χ2v) is 19.3. The summed E-state index contributed by atoms with van der Waals surface area (Å²) < 4.78 is 19.3. The lowest BCUT2D eigenvalue weighted by Gasteiger charge is -2.37. The molecular formula is C37H63NO4Si. The normalized spacial score (nSPS) is 18.8. The molecule has 1 heterocycles. The zero-order valence-corrected chi connectivity index (χ0v) is 30.7. The van der Waals surface area contributed by atoms with E-state index in [2.05, 4.69) is 87.6 Å².